The van der Waals surface area contributed by atoms with E-state index in [-0.39, 0.29) is 11.7 Å². The maximum Gasteiger partial charge on any atom is 0.234 e. The van der Waals surface area contributed by atoms with E-state index in [1.165, 1.54) is 17.3 Å². The van der Waals surface area contributed by atoms with Crippen LogP contribution in [0.5, 0.6) is 17.2 Å². The van der Waals surface area contributed by atoms with E-state index < -0.39 is 0 Å². The lowest BCUT2D eigenvalue weighted by atomic mass is 10.1. The number of carbonyl (C=O) groups is 1. The Kier molecular flexibility index (Phi) is 10.2. The third-order valence-electron chi connectivity index (χ3n) is 5.74. The summed E-state index contributed by atoms with van der Waals surface area (Å²) in [7, 11) is 0. The second-order valence-corrected chi connectivity index (χ2v) is 9.44. The average Bonchev–Trinajstić information content (AvgIpc) is 3.36. The van der Waals surface area contributed by atoms with Crippen molar-refractivity contribution in [3.8, 4) is 28.6 Å². The van der Waals surface area contributed by atoms with Crippen molar-refractivity contribution >= 4 is 23.4 Å². The highest BCUT2D eigenvalue weighted by atomic mass is 32.2. The largest absolute Gasteiger partial charge is 0.490 e. The van der Waals surface area contributed by atoms with Crippen LogP contribution >= 0.6 is 11.8 Å². The summed E-state index contributed by atoms with van der Waals surface area (Å²) in [5.41, 5.74) is 2.76. The molecule has 0 bridgehead atoms. The number of thioether (sulfide) groups is 1. The predicted octanol–water partition coefficient (Wildman–Crippen LogP) is 6.11. The van der Waals surface area contributed by atoms with Crippen LogP contribution in [0.25, 0.3) is 11.4 Å². The van der Waals surface area contributed by atoms with Gasteiger partial charge in [0.25, 0.3) is 0 Å². The molecule has 3 aromatic carbocycles. The van der Waals surface area contributed by atoms with Gasteiger partial charge in [0.15, 0.2) is 22.5 Å². The van der Waals surface area contributed by atoms with Crippen molar-refractivity contribution in [2.75, 3.05) is 30.9 Å². The summed E-state index contributed by atoms with van der Waals surface area (Å²) in [5.74, 6) is 2.53. The zero-order valence-electron chi connectivity index (χ0n) is 22.6. The number of ether oxygens (including phenoxy) is 3. The first kappa shape index (κ1) is 28.0. The van der Waals surface area contributed by atoms with Crippen LogP contribution in [0.1, 0.15) is 26.3 Å². The minimum atomic E-state index is -0.108. The van der Waals surface area contributed by atoms with Crippen LogP contribution in [0.2, 0.25) is 0 Å². The van der Waals surface area contributed by atoms with Crippen LogP contribution in [-0.4, -0.2) is 46.2 Å². The summed E-state index contributed by atoms with van der Waals surface area (Å²) < 4.78 is 19.8. The first-order valence-corrected chi connectivity index (χ1v) is 14.1. The van der Waals surface area contributed by atoms with Gasteiger partial charge in [-0.25, -0.2) is 0 Å². The van der Waals surface area contributed by atoms with Crippen molar-refractivity contribution in [3.05, 3.63) is 78.4 Å². The van der Waals surface area contributed by atoms with Gasteiger partial charge in [-0.1, -0.05) is 60.3 Å². The van der Waals surface area contributed by atoms with Crippen LogP contribution in [0, 0.1) is 0 Å². The molecule has 0 aliphatic heterocycles. The molecule has 1 N–H and O–H groups in total. The number of amides is 1. The van der Waals surface area contributed by atoms with E-state index in [9.17, 15) is 4.79 Å². The Morgan fingerprint density at radius 2 is 1.46 bits per heavy atom. The Labute approximate surface area is 233 Å². The number of rotatable bonds is 14. The van der Waals surface area contributed by atoms with E-state index in [4.69, 9.17) is 14.2 Å². The van der Waals surface area contributed by atoms with Gasteiger partial charge < -0.3 is 24.1 Å². The molecular formula is C30H34N4O4S. The van der Waals surface area contributed by atoms with Gasteiger partial charge in [-0.3, -0.25) is 4.79 Å². The Bertz CT molecular complexity index is 1320. The molecule has 1 heterocycles. The van der Waals surface area contributed by atoms with Crippen LogP contribution < -0.4 is 19.5 Å². The molecule has 0 radical (unpaired) electrons. The fourth-order valence-electron chi connectivity index (χ4n) is 4.06. The second kappa shape index (κ2) is 14.2. The van der Waals surface area contributed by atoms with E-state index >= 15 is 0 Å². The summed E-state index contributed by atoms with van der Waals surface area (Å²) in [5, 5.41) is 12.6. The van der Waals surface area contributed by atoms with Crippen molar-refractivity contribution in [1.29, 1.82) is 0 Å². The number of anilines is 1. The van der Waals surface area contributed by atoms with Crippen LogP contribution in [-0.2, 0) is 17.8 Å². The molecule has 0 aliphatic rings. The fraction of sp³-hybridized carbons (Fsp3) is 0.300. The highest BCUT2D eigenvalue weighted by molar-refractivity contribution is 7.99. The van der Waals surface area contributed by atoms with E-state index in [1.807, 2.05) is 81.4 Å². The first-order valence-electron chi connectivity index (χ1n) is 13.1. The third-order valence-corrected chi connectivity index (χ3v) is 6.71. The third kappa shape index (κ3) is 7.54. The molecule has 0 unspecified atom stereocenters. The van der Waals surface area contributed by atoms with E-state index in [1.54, 1.807) is 0 Å². The average molecular weight is 547 g/mol. The first-order chi connectivity index (χ1) is 19.1. The molecule has 39 heavy (non-hydrogen) atoms. The van der Waals surface area contributed by atoms with E-state index in [0.717, 1.165) is 17.7 Å². The number of nitrogens with one attached hydrogen (secondary N) is 1. The highest BCUT2D eigenvalue weighted by Gasteiger charge is 2.21. The Morgan fingerprint density at radius 3 is 2.08 bits per heavy atom. The normalized spacial score (nSPS) is 10.7. The number of para-hydroxylation sites is 1. The maximum atomic E-state index is 12.6. The number of carbonyl (C=O) groups excluding carboxylic acids is 1. The second-order valence-electron chi connectivity index (χ2n) is 8.50. The Morgan fingerprint density at radius 1 is 0.846 bits per heavy atom. The summed E-state index contributed by atoms with van der Waals surface area (Å²) in [6, 6.07) is 23.5. The monoisotopic (exact) mass is 546 g/mol. The molecule has 9 heteroatoms. The van der Waals surface area contributed by atoms with Crippen molar-refractivity contribution in [1.82, 2.24) is 14.8 Å². The smallest absolute Gasteiger partial charge is 0.234 e. The Hall–Kier alpha value is -3.98. The van der Waals surface area contributed by atoms with Gasteiger partial charge in [-0.15, -0.1) is 10.2 Å². The molecule has 0 aliphatic carbocycles. The van der Waals surface area contributed by atoms with E-state index in [2.05, 4.69) is 32.2 Å². The number of aromatic nitrogens is 3. The molecule has 8 nitrogen and oxygen atoms in total. The van der Waals surface area contributed by atoms with Gasteiger partial charge in [0.05, 0.1) is 25.6 Å². The zero-order valence-corrected chi connectivity index (χ0v) is 23.4. The molecule has 0 spiro atoms. The van der Waals surface area contributed by atoms with Gasteiger partial charge in [-0.2, -0.15) is 0 Å². The fourth-order valence-corrected chi connectivity index (χ4v) is 4.83. The lowest BCUT2D eigenvalue weighted by Crippen LogP contribution is -2.15. The zero-order chi connectivity index (χ0) is 27.5. The Balaban J connectivity index is 1.66. The van der Waals surface area contributed by atoms with Gasteiger partial charge in [0.2, 0.25) is 11.7 Å². The number of aryl methyl sites for hydroxylation is 1. The molecule has 1 amide bonds. The molecule has 1 aromatic heterocycles. The minimum absolute atomic E-state index is 0.108. The molecule has 4 aromatic rings. The molecule has 0 saturated carbocycles. The lowest BCUT2D eigenvalue weighted by Gasteiger charge is -2.17. The lowest BCUT2D eigenvalue weighted by molar-refractivity contribution is -0.113. The SMILES string of the molecule is CCOc1cc(-c2nnc(SCC(=O)Nc3ccccc3)n2CCc2ccccc2)cc(OCC)c1OCC. The quantitative estimate of drug-likeness (QED) is 0.191. The summed E-state index contributed by atoms with van der Waals surface area (Å²) in [6.45, 7) is 7.87. The molecule has 0 atom stereocenters. The summed E-state index contributed by atoms with van der Waals surface area (Å²) in [4.78, 5) is 12.6. The van der Waals surface area contributed by atoms with Gasteiger partial charge >= 0.3 is 0 Å². The summed E-state index contributed by atoms with van der Waals surface area (Å²) in [6.07, 6.45) is 0.781. The number of hydrogen-bond acceptors (Lipinski definition) is 7. The van der Waals surface area contributed by atoms with Crippen molar-refractivity contribution < 1.29 is 19.0 Å². The van der Waals surface area contributed by atoms with Crippen molar-refractivity contribution in [3.63, 3.8) is 0 Å². The highest BCUT2D eigenvalue weighted by Crippen LogP contribution is 2.42. The minimum Gasteiger partial charge on any atom is -0.490 e. The predicted molar refractivity (Wildman–Crippen MR) is 155 cm³/mol. The standard InChI is InChI=1S/C30H34N4O4S/c1-4-36-25-19-23(20-26(37-5-2)28(25)38-6-3)29-32-33-30(34(29)18-17-22-13-9-7-10-14-22)39-21-27(35)31-24-15-11-8-12-16-24/h7-16,19-20H,4-6,17-18,21H2,1-3H3,(H,31,35). The molecule has 4 rings (SSSR count). The molecule has 0 saturated heterocycles. The molecule has 0 fully saturated rings. The van der Waals surface area contributed by atoms with Gasteiger partial charge in [0.1, 0.15) is 0 Å². The van der Waals surface area contributed by atoms with Crippen LogP contribution in [0.3, 0.4) is 0 Å². The molecular weight excluding hydrogens is 512 g/mol. The number of hydrogen-bond donors (Lipinski definition) is 1. The van der Waals surface area contributed by atoms with Crippen LogP contribution in [0.4, 0.5) is 5.69 Å². The van der Waals surface area contributed by atoms with Crippen molar-refractivity contribution in [2.45, 2.75) is 38.9 Å². The van der Waals surface area contributed by atoms with Gasteiger partial charge in [-0.05, 0) is 57.0 Å². The number of nitrogens with zero attached hydrogens (tertiary/aromatic N) is 3. The maximum absolute atomic E-state index is 12.6. The van der Waals surface area contributed by atoms with Gasteiger partial charge in [0, 0.05) is 17.8 Å². The van der Waals surface area contributed by atoms with Crippen molar-refractivity contribution in [2.24, 2.45) is 0 Å². The molecule has 204 valence electrons. The van der Waals surface area contributed by atoms with Crippen LogP contribution in [0.15, 0.2) is 78.0 Å². The summed E-state index contributed by atoms with van der Waals surface area (Å²) >= 11 is 1.36. The topological polar surface area (TPSA) is 87.5 Å². The number of benzene rings is 3. The van der Waals surface area contributed by atoms with E-state index in [0.29, 0.717) is 54.6 Å².